The number of rotatable bonds is 7. The van der Waals surface area contributed by atoms with Crippen molar-refractivity contribution in [1.29, 1.82) is 0 Å². The molecule has 6 nitrogen and oxygen atoms in total. The topological polar surface area (TPSA) is 77.1 Å². The van der Waals surface area contributed by atoms with Crippen molar-refractivity contribution in [1.82, 2.24) is 14.9 Å². The van der Waals surface area contributed by atoms with E-state index in [9.17, 15) is 9.59 Å². The summed E-state index contributed by atoms with van der Waals surface area (Å²) in [5, 5.41) is 4.38. The third-order valence-corrected chi connectivity index (χ3v) is 5.61. The van der Waals surface area contributed by atoms with Gasteiger partial charge >= 0.3 is 0 Å². The Bertz CT molecular complexity index is 1030. The van der Waals surface area contributed by atoms with Crippen molar-refractivity contribution in [2.75, 3.05) is 12.3 Å². The highest BCUT2D eigenvalue weighted by Crippen LogP contribution is 2.27. The number of nitrogens with zero attached hydrogens (tertiary/aromatic N) is 2. The number of amides is 1. The van der Waals surface area contributed by atoms with Gasteiger partial charge in [0.25, 0.3) is 5.56 Å². The zero-order chi connectivity index (χ0) is 18.8. The van der Waals surface area contributed by atoms with E-state index in [-0.39, 0.29) is 23.8 Å². The summed E-state index contributed by atoms with van der Waals surface area (Å²) in [4.78, 5) is 29.6. The van der Waals surface area contributed by atoms with Crippen molar-refractivity contribution < 1.29 is 9.21 Å². The molecule has 0 saturated heterocycles. The van der Waals surface area contributed by atoms with Gasteiger partial charge in [-0.2, -0.15) is 0 Å². The molecule has 2 heterocycles. The van der Waals surface area contributed by atoms with Gasteiger partial charge in [0.2, 0.25) is 5.91 Å². The van der Waals surface area contributed by atoms with Crippen LogP contribution in [0.15, 0.2) is 51.0 Å². The van der Waals surface area contributed by atoms with Crippen molar-refractivity contribution in [3.8, 4) is 0 Å². The molecule has 27 heavy (non-hydrogen) atoms. The van der Waals surface area contributed by atoms with Gasteiger partial charge < -0.3 is 9.73 Å². The minimum Gasteiger partial charge on any atom is -0.467 e. The van der Waals surface area contributed by atoms with Crippen LogP contribution in [0.1, 0.15) is 18.6 Å². The fourth-order valence-electron chi connectivity index (χ4n) is 2.74. The van der Waals surface area contributed by atoms with Gasteiger partial charge in [0, 0.05) is 11.6 Å². The number of carbonyl (C=O) groups excluding carboxylic acids is 1. The maximum atomic E-state index is 13.0. The smallest absolute Gasteiger partial charge is 0.262 e. The van der Waals surface area contributed by atoms with E-state index in [1.165, 1.54) is 29.2 Å². The summed E-state index contributed by atoms with van der Waals surface area (Å²) in [5.41, 5.74) is 0.332. The Balaban J connectivity index is 1.63. The number of furan rings is 1. The summed E-state index contributed by atoms with van der Waals surface area (Å²) in [6, 6.07) is 8.57. The van der Waals surface area contributed by atoms with E-state index in [0.29, 0.717) is 32.8 Å². The van der Waals surface area contributed by atoms with Crippen LogP contribution < -0.4 is 10.9 Å². The van der Waals surface area contributed by atoms with Gasteiger partial charge in [-0.1, -0.05) is 23.4 Å². The summed E-state index contributed by atoms with van der Waals surface area (Å²) in [7, 11) is 0. The van der Waals surface area contributed by atoms with E-state index in [1.54, 1.807) is 36.6 Å². The molecule has 0 spiro atoms. The van der Waals surface area contributed by atoms with Crippen LogP contribution in [0, 0.1) is 5.92 Å². The molecule has 1 fully saturated rings. The lowest BCUT2D eigenvalue weighted by atomic mass is 10.2. The van der Waals surface area contributed by atoms with Gasteiger partial charge in [-0.15, -0.1) is 0 Å². The highest BCUT2D eigenvalue weighted by molar-refractivity contribution is 7.99. The Morgan fingerprint density at radius 3 is 2.96 bits per heavy atom. The zero-order valence-electron chi connectivity index (χ0n) is 14.5. The second-order valence-electron chi connectivity index (χ2n) is 6.56. The first-order valence-electron chi connectivity index (χ1n) is 8.72. The molecule has 0 atom stereocenters. The predicted molar refractivity (Wildman–Crippen MR) is 105 cm³/mol. The highest BCUT2D eigenvalue weighted by atomic mass is 35.5. The molecule has 1 amide bonds. The van der Waals surface area contributed by atoms with E-state index in [4.69, 9.17) is 16.0 Å². The summed E-state index contributed by atoms with van der Waals surface area (Å²) in [5.74, 6) is 1.41. The van der Waals surface area contributed by atoms with E-state index < -0.39 is 0 Å². The molecule has 1 N–H and O–H groups in total. The van der Waals surface area contributed by atoms with Crippen molar-refractivity contribution in [2.45, 2.75) is 24.5 Å². The monoisotopic (exact) mass is 403 g/mol. The zero-order valence-corrected chi connectivity index (χ0v) is 16.1. The quantitative estimate of drug-likeness (QED) is 0.483. The molecule has 1 saturated carbocycles. The van der Waals surface area contributed by atoms with Crippen molar-refractivity contribution >= 4 is 40.2 Å². The molecular weight excluding hydrogens is 386 g/mol. The SMILES string of the molecule is O=C(CSc1nc2cc(Cl)ccc2c(=O)n1Cc1ccco1)NCC1CC1. The molecular formula is C19H18ClN3O3S. The summed E-state index contributed by atoms with van der Waals surface area (Å²) < 4.78 is 6.91. The molecule has 1 aliphatic carbocycles. The van der Waals surface area contributed by atoms with Crippen LogP contribution in [0.2, 0.25) is 5.02 Å². The Kier molecular flexibility index (Phi) is 5.22. The molecule has 0 aliphatic heterocycles. The van der Waals surface area contributed by atoms with Gasteiger partial charge in [0.15, 0.2) is 5.16 Å². The van der Waals surface area contributed by atoms with Crippen LogP contribution in [0.3, 0.4) is 0 Å². The van der Waals surface area contributed by atoms with Gasteiger partial charge in [0.1, 0.15) is 5.76 Å². The van der Waals surface area contributed by atoms with Crippen molar-refractivity contribution in [2.24, 2.45) is 5.92 Å². The van der Waals surface area contributed by atoms with Crippen LogP contribution in [-0.4, -0.2) is 27.8 Å². The minimum atomic E-state index is -0.186. The number of halogens is 1. The Morgan fingerprint density at radius 2 is 2.22 bits per heavy atom. The summed E-state index contributed by atoms with van der Waals surface area (Å²) >= 11 is 7.29. The molecule has 0 bridgehead atoms. The first-order valence-corrected chi connectivity index (χ1v) is 10.1. The van der Waals surface area contributed by atoms with Gasteiger partial charge in [-0.3, -0.25) is 14.2 Å². The molecule has 3 aromatic rings. The Labute approximate surface area is 164 Å². The summed E-state index contributed by atoms with van der Waals surface area (Å²) in [6.07, 6.45) is 3.93. The number of nitrogens with one attached hydrogen (secondary N) is 1. The molecule has 2 aromatic heterocycles. The lowest BCUT2D eigenvalue weighted by Gasteiger charge is -2.12. The fraction of sp³-hybridized carbons (Fsp3) is 0.316. The normalized spacial score (nSPS) is 13.8. The van der Waals surface area contributed by atoms with Gasteiger partial charge in [-0.05, 0) is 49.1 Å². The fourth-order valence-corrected chi connectivity index (χ4v) is 3.74. The lowest BCUT2D eigenvalue weighted by Crippen LogP contribution is -2.28. The minimum absolute atomic E-state index is 0.0584. The van der Waals surface area contributed by atoms with E-state index in [2.05, 4.69) is 10.3 Å². The van der Waals surface area contributed by atoms with Crippen molar-refractivity contribution in [3.05, 3.63) is 57.7 Å². The molecule has 0 radical (unpaired) electrons. The molecule has 1 aromatic carbocycles. The number of hydrogen-bond donors (Lipinski definition) is 1. The summed E-state index contributed by atoms with van der Waals surface area (Å²) in [6.45, 7) is 0.975. The van der Waals surface area contributed by atoms with Crippen molar-refractivity contribution in [3.63, 3.8) is 0 Å². The maximum Gasteiger partial charge on any atom is 0.262 e. The second-order valence-corrected chi connectivity index (χ2v) is 7.94. The molecule has 140 valence electrons. The standard InChI is InChI=1S/C19H18ClN3O3S/c20-13-5-6-15-16(8-13)22-19(27-11-17(24)21-9-12-3-4-12)23(18(15)25)10-14-2-1-7-26-14/h1-2,5-8,12H,3-4,9-11H2,(H,21,24). The average Bonchev–Trinajstić information content (AvgIpc) is 3.34. The van der Waals surface area contributed by atoms with Crippen LogP contribution >= 0.6 is 23.4 Å². The Morgan fingerprint density at radius 1 is 1.37 bits per heavy atom. The van der Waals surface area contributed by atoms with Gasteiger partial charge in [0.05, 0.1) is 29.5 Å². The highest BCUT2D eigenvalue weighted by Gasteiger charge is 2.22. The third kappa shape index (κ3) is 4.36. The van der Waals surface area contributed by atoms with Crippen LogP contribution in [0.25, 0.3) is 10.9 Å². The molecule has 0 unspecified atom stereocenters. The lowest BCUT2D eigenvalue weighted by molar-refractivity contribution is -0.118. The number of fused-ring (bicyclic) bond motifs is 1. The number of hydrogen-bond acceptors (Lipinski definition) is 5. The number of carbonyl (C=O) groups is 1. The predicted octanol–water partition coefficient (Wildman–Crippen LogP) is 3.31. The number of thioether (sulfide) groups is 1. The van der Waals surface area contributed by atoms with Crippen LogP contribution in [0.4, 0.5) is 0 Å². The van der Waals surface area contributed by atoms with Crippen LogP contribution in [-0.2, 0) is 11.3 Å². The van der Waals surface area contributed by atoms with Gasteiger partial charge in [-0.25, -0.2) is 4.98 Å². The molecule has 4 rings (SSSR count). The Hall–Kier alpha value is -2.25. The second kappa shape index (κ2) is 7.78. The van der Waals surface area contributed by atoms with E-state index in [1.807, 2.05) is 0 Å². The maximum absolute atomic E-state index is 13.0. The number of aromatic nitrogens is 2. The first-order chi connectivity index (χ1) is 13.1. The molecule has 1 aliphatic rings. The van der Waals surface area contributed by atoms with E-state index >= 15 is 0 Å². The third-order valence-electron chi connectivity index (χ3n) is 4.39. The van der Waals surface area contributed by atoms with E-state index in [0.717, 1.165) is 6.54 Å². The van der Waals surface area contributed by atoms with Crippen LogP contribution in [0.5, 0.6) is 0 Å². The molecule has 8 heteroatoms. The number of benzene rings is 1. The largest absolute Gasteiger partial charge is 0.467 e. The average molecular weight is 404 g/mol. The first kappa shape index (κ1) is 18.1.